The molecule has 0 radical (unpaired) electrons. The van der Waals surface area contributed by atoms with E-state index in [0.717, 1.165) is 28.8 Å². The lowest BCUT2D eigenvalue weighted by molar-refractivity contribution is 0.344. The van der Waals surface area contributed by atoms with Gasteiger partial charge in [-0.1, -0.05) is 26.0 Å². The first-order valence-corrected chi connectivity index (χ1v) is 7.73. The van der Waals surface area contributed by atoms with Crippen molar-refractivity contribution in [1.29, 1.82) is 0 Å². The van der Waals surface area contributed by atoms with Gasteiger partial charge in [-0.05, 0) is 43.2 Å². The molecule has 1 atom stereocenters. The van der Waals surface area contributed by atoms with Crippen molar-refractivity contribution in [2.24, 2.45) is 11.8 Å². The molecule has 0 spiro atoms. The van der Waals surface area contributed by atoms with Crippen LogP contribution in [0.15, 0.2) is 24.3 Å². The molecule has 0 bridgehead atoms. The van der Waals surface area contributed by atoms with Crippen molar-refractivity contribution in [3.05, 3.63) is 34.8 Å². The fourth-order valence-corrected chi connectivity index (χ4v) is 3.93. The number of rotatable bonds is 2. The molecule has 2 aromatic rings. The minimum Gasteiger partial charge on any atom is -0.508 e. The highest BCUT2D eigenvalue weighted by Gasteiger charge is 2.24. The van der Waals surface area contributed by atoms with E-state index in [1.165, 1.54) is 23.4 Å². The first kappa shape index (κ1) is 12.7. The zero-order chi connectivity index (χ0) is 13.4. The van der Waals surface area contributed by atoms with Crippen LogP contribution in [0.4, 0.5) is 0 Å². The van der Waals surface area contributed by atoms with Gasteiger partial charge < -0.3 is 5.11 Å². The van der Waals surface area contributed by atoms with Gasteiger partial charge in [0.25, 0.3) is 0 Å². The van der Waals surface area contributed by atoms with E-state index >= 15 is 0 Å². The molecular weight excluding hydrogens is 254 g/mol. The van der Waals surface area contributed by atoms with Crippen molar-refractivity contribution < 1.29 is 5.11 Å². The van der Waals surface area contributed by atoms with Crippen LogP contribution in [-0.4, -0.2) is 10.1 Å². The Morgan fingerprint density at radius 2 is 2.21 bits per heavy atom. The van der Waals surface area contributed by atoms with Gasteiger partial charge in [-0.15, -0.1) is 11.3 Å². The standard InChI is InChI=1S/C16H19NOS/c1-10(2)11-6-7-14-15(9-11)19-16(17-14)12-4-3-5-13(18)8-12/h3-5,8,10-11,18H,6-7,9H2,1-2H3. The second-order valence-electron chi connectivity index (χ2n) is 5.69. The van der Waals surface area contributed by atoms with Gasteiger partial charge in [-0.3, -0.25) is 0 Å². The SMILES string of the molecule is CC(C)C1CCc2nc(-c3cccc(O)c3)sc2C1. The maximum atomic E-state index is 9.57. The zero-order valence-electron chi connectivity index (χ0n) is 11.4. The molecule has 1 N–H and O–H groups in total. The van der Waals surface area contributed by atoms with E-state index in [9.17, 15) is 5.11 Å². The third-order valence-corrected chi connectivity index (χ3v) is 5.18. The van der Waals surface area contributed by atoms with Gasteiger partial charge in [0.1, 0.15) is 10.8 Å². The summed E-state index contributed by atoms with van der Waals surface area (Å²) in [4.78, 5) is 6.21. The fourth-order valence-electron chi connectivity index (χ4n) is 2.73. The molecule has 1 aliphatic rings. The van der Waals surface area contributed by atoms with E-state index in [0.29, 0.717) is 5.75 Å². The molecule has 2 nitrogen and oxygen atoms in total. The Balaban J connectivity index is 1.91. The molecule has 1 aromatic carbocycles. The molecule has 0 fully saturated rings. The summed E-state index contributed by atoms with van der Waals surface area (Å²) < 4.78 is 0. The Kier molecular flexibility index (Phi) is 3.31. The fraction of sp³-hybridized carbons (Fsp3) is 0.438. The average Bonchev–Trinajstić information content (AvgIpc) is 2.81. The molecule has 3 rings (SSSR count). The summed E-state index contributed by atoms with van der Waals surface area (Å²) in [5.74, 6) is 1.86. The quantitative estimate of drug-likeness (QED) is 0.886. The number of nitrogens with zero attached hydrogens (tertiary/aromatic N) is 1. The maximum Gasteiger partial charge on any atom is 0.124 e. The van der Waals surface area contributed by atoms with Gasteiger partial charge in [0.05, 0.1) is 5.69 Å². The summed E-state index contributed by atoms with van der Waals surface area (Å²) in [6.45, 7) is 4.62. The number of phenolic OH excluding ortho intramolecular Hbond substituents is 1. The van der Waals surface area contributed by atoms with E-state index in [1.807, 2.05) is 12.1 Å². The predicted molar refractivity (Wildman–Crippen MR) is 79.6 cm³/mol. The molecule has 0 saturated heterocycles. The smallest absolute Gasteiger partial charge is 0.124 e. The van der Waals surface area contributed by atoms with E-state index in [4.69, 9.17) is 4.98 Å². The molecule has 1 heterocycles. The van der Waals surface area contributed by atoms with Crippen LogP contribution in [0.2, 0.25) is 0 Å². The minimum absolute atomic E-state index is 0.311. The van der Waals surface area contributed by atoms with Gasteiger partial charge in [-0.2, -0.15) is 0 Å². The van der Waals surface area contributed by atoms with E-state index in [2.05, 4.69) is 13.8 Å². The van der Waals surface area contributed by atoms with Crippen LogP contribution in [-0.2, 0) is 12.8 Å². The highest BCUT2D eigenvalue weighted by atomic mass is 32.1. The molecule has 1 aromatic heterocycles. The van der Waals surface area contributed by atoms with E-state index in [1.54, 1.807) is 23.5 Å². The Hall–Kier alpha value is -1.35. The Morgan fingerprint density at radius 1 is 1.37 bits per heavy atom. The van der Waals surface area contributed by atoms with Crippen LogP contribution in [0.1, 0.15) is 30.8 Å². The van der Waals surface area contributed by atoms with Crippen molar-refractivity contribution in [3.8, 4) is 16.3 Å². The number of hydrogen-bond donors (Lipinski definition) is 1. The second-order valence-corrected chi connectivity index (χ2v) is 6.77. The number of fused-ring (bicyclic) bond motifs is 1. The highest BCUT2D eigenvalue weighted by molar-refractivity contribution is 7.15. The number of aromatic nitrogens is 1. The van der Waals surface area contributed by atoms with Crippen LogP contribution in [0.25, 0.3) is 10.6 Å². The normalized spacial score (nSPS) is 18.6. The van der Waals surface area contributed by atoms with Crippen LogP contribution in [0.3, 0.4) is 0 Å². The molecule has 3 heteroatoms. The molecule has 19 heavy (non-hydrogen) atoms. The van der Waals surface area contributed by atoms with Crippen molar-refractivity contribution in [3.63, 3.8) is 0 Å². The summed E-state index contributed by atoms with van der Waals surface area (Å²) in [5.41, 5.74) is 2.31. The van der Waals surface area contributed by atoms with Crippen molar-refractivity contribution >= 4 is 11.3 Å². The summed E-state index contributed by atoms with van der Waals surface area (Å²) >= 11 is 1.80. The van der Waals surface area contributed by atoms with Gasteiger partial charge >= 0.3 is 0 Å². The molecule has 0 aliphatic heterocycles. The number of thiazole rings is 1. The van der Waals surface area contributed by atoms with Crippen LogP contribution in [0, 0.1) is 11.8 Å². The Bertz CT molecular complexity index is 588. The lowest BCUT2D eigenvalue weighted by atomic mass is 9.83. The van der Waals surface area contributed by atoms with Crippen LogP contribution >= 0.6 is 11.3 Å². The zero-order valence-corrected chi connectivity index (χ0v) is 12.2. The average molecular weight is 273 g/mol. The van der Waals surface area contributed by atoms with E-state index < -0.39 is 0 Å². The van der Waals surface area contributed by atoms with Crippen molar-refractivity contribution in [2.75, 3.05) is 0 Å². The van der Waals surface area contributed by atoms with E-state index in [-0.39, 0.29) is 0 Å². The minimum atomic E-state index is 0.311. The predicted octanol–water partition coefficient (Wildman–Crippen LogP) is 4.28. The number of aryl methyl sites for hydroxylation is 1. The van der Waals surface area contributed by atoms with Crippen molar-refractivity contribution in [2.45, 2.75) is 33.1 Å². The third kappa shape index (κ3) is 2.52. The molecular formula is C16H19NOS. The van der Waals surface area contributed by atoms with Gasteiger partial charge in [0, 0.05) is 10.4 Å². The Labute approximate surface area is 118 Å². The molecule has 1 unspecified atom stereocenters. The number of hydrogen-bond acceptors (Lipinski definition) is 3. The lowest BCUT2D eigenvalue weighted by Gasteiger charge is -2.24. The molecule has 0 amide bonds. The van der Waals surface area contributed by atoms with Crippen molar-refractivity contribution in [1.82, 2.24) is 4.98 Å². The second kappa shape index (κ2) is 4.97. The largest absolute Gasteiger partial charge is 0.508 e. The maximum absolute atomic E-state index is 9.57. The Morgan fingerprint density at radius 3 is 2.95 bits per heavy atom. The summed E-state index contributed by atoms with van der Waals surface area (Å²) in [6, 6.07) is 7.39. The lowest BCUT2D eigenvalue weighted by Crippen LogP contribution is -2.17. The third-order valence-electron chi connectivity index (χ3n) is 4.01. The molecule has 100 valence electrons. The summed E-state index contributed by atoms with van der Waals surface area (Å²) in [5, 5.41) is 10.6. The monoisotopic (exact) mass is 273 g/mol. The van der Waals surface area contributed by atoms with Gasteiger partial charge in [0.2, 0.25) is 0 Å². The highest BCUT2D eigenvalue weighted by Crippen LogP contribution is 2.37. The van der Waals surface area contributed by atoms with Crippen LogP contribution in [0.5, 0.6) is 5.75 Å². The first-order chi connectivity index (χ1) is 9.13. The number of phenols is 1. The number of aromatic hydroxyl groups is 1. The summed E-state index contributed by atoms with van der Waals surface area (Å²) in [7, 11) is 0. The topological polar surface area (TPSA) is 33.1 Å². The molecule has 1 aliphatic carbocycles. The van der Waals surface area contributed by atoms with Crippen LogP contribution < -0.4 is 0 Å². The summed E-state index contributed by atoms with van der Waals surface area (Å²) in [6.07, 6.45) is 3.53. The number of benzene rings is 1. The first-order valence-electron chi connectivity index (χ1n) is 6.91. The van der Waals surface area contributed by atoms with Gasteiger partial charge in [0.15, 0.2) is 0 Å². The molecule has 0 saturated carbocycles. The van der Waals surface area contributed by atoms with Gasteiger partial charge in [-0.25, -0.2) is 4.98 Å².